The zero-order valence-electron chi connectivity index (χ0n) is 9.51. The molecule has 2 rings (SSSR count). The predicted molar refractivity (Wildman–Crippen MR) is 62.3 cm³/mol. The van der Waals surface area contributed by atoms with E-state index in [-0.39, 0.29) is 0 Å². The van der Waals surface area contributed by atoms with E-state index >= 15 is 0 Å². The first-order valence-electron chi connectivity index (χ1n) is 5.34. The van der Waals surface area contributed by atoms with Crippen molar-refractivity contribution in [1.29, 1.82) is 0 Å². The van der Waals surface area contributed by atoms with E-state index in [1.165, 1.54) is 0 Å². The second kappa shape index (κ2) is 4.74. The molecule has 1 N–H and O–H groups in total. The summed E-state index contributed by atoms with van der Waals surface area (Å²) in [6.07, 6.45) is 3.65. The minimum Gasteiger partial charge on any atom is -0.370 e. The number of hydrogen-bond acceptors (Lipinski definition) is 4. The lowest BCUT2D eigenvalue weighted by atomic mass is 10.4. The van der Waals surface area contributed by atoms with Gasteiger partial charge in [-0.3, -0.25) is 4.68 Å². The highest BCUT2D eigenvalue weighted by molar-refractivity contribution is 5.35. The van der Waals surface area contributed by atoms with Gasteiger partial charge in [0.05, 0.1) is 0 Å². The fourth-order valence-electron chi connectivity index (χ4n) is 1.51. The Balaban J connectivity index is 2.20. The molecule has 2 aromatic rings. The average molecular weight is 217 g/mol. The first-order valence-corrected chi connectivity index (χ1v) is 5.34. The lowest BCUT2D eigenvalue weighted by Gasteiger charge is -2.06. The van der Waals surface area contributed by atoms with Crippen LogP contribution in [0.5, 0.6) is 0 Å². The molecule has 0 unspecified atom stereocenters. The molecule has 16 heavy (non-hydrogen) atoms. The summed E-state index contributed by atoms with van der Waals surface area (Å²) in [7, 11) is 0. The van der Waals surface area contributed by atoms with Crippen LogP contribution in [0.15, 0.2) is 24.5 Å². The third-order valence-electron chi connectivity index (χ3n) is 2.12. The lowest BCUT2D eigenvalue weighted by molar-refractivity contribution is 0.653. The Labute approximate surface area is 94.5 Å². The van der Waals surface area contributed by atoms with E-state index < -0.39 is 0 Å². The van der Waals surface area contributed by atoms with E-state index in [9.17, 15) is 0 Å². The quantitative estimate of drug-likeness (QED) is 0.842. The summed E-state index contributed by atoms with van der Waals surface area (Å²) in [5.74, 6) is 1.65. The Morgan fingerprint density at radius 1 is 1.38 bits per heavy atom. The molecule has 84 valence electrons. The second-order valence-electron chi connectivity index (χ2n) is 3.54. The molecule has 0 atom stereocenters. The van der Waals surface area contributed by atoms with Crippen LogP contribution in [0.4, 0.5) is 5.82 Å². The SMILES string of the molecule is CCNc1cc(C)nc(Cn2cccn2)n1. The highest BCUT2D eigenvalue weighted by Crippen LogP contribution is 2.06. The number of aryl methyl sites for hydroxylation is 1. The molecule has 5 nitrogen and oxygen atoms in total. The van der Waals surface area contributed by atoms with Crippen molar-refractivity contribution in [2.24, 2.45) is 0 Å². The number of anilines is 1. The molecule has 2 heterocycles. The van der Waals surface area contributed by atoms with Crippen LogP contribution in [-0.2, 0) is 6.54 Å². The number of aromatic nitrogens is 4. The summed E-state index contributed by atoms with van der Waals surface area (Å²) in [6, 6.07) is 3.83. The fraction of sp³-hybridized carbons (Fsp3) is 0.364. The van der Waals surface area contributed by atoms with Gasteiger partial charge in [0.1, 0.15) is 12.4 Å². The smallest absolute Gasteiger partial charge is 0.152 e. The van der Waals surface area contributed by atoms with Crippen LogP contribution in [0.3, 0.4) is 0 Å². The van der Waals surface area contributed by atoms with E-state index in [2.05, 4.69) is 20.4 Å². The Hall–Kier alpha value is -1.91. The van der Waals surface area contributed by atoms with E-state index in [0.29, 0.717) is 6.54 Å². The number of rotatable bonds is 4. The molecule has 2 aromatic heterocycles. The van der Waals surface area contributed by atoms with Crippen LogP contribution in [0.2, 0.25) is 0 Å². The van der Waals surface area contributed by atoms with Gasteiger partial charge >= 0.3 is 0 Å². The van der Waals surface area contributed by atoms with E-state index in [1.54, 1.807) is 6.20 Å². The maximum atomic E-state index is 4.42. The van der Waals surface area contributed by atoms with Crippen LogP contribution < -0.4 is 5.32 Å². The summed E-state index contributed by atoms with van der Waals surface area (Å²) in [4.78, 5) is 8.79. The van der Waals surface area contributed by atoms with Gasteiger partial charge in [-0.05, 0) is 19.9 Å². The third kappa shape index (κ3) is 2.56. The molecule has 0 bridgehead atoms. The van der Waals surface area contributed by atoms with Gasteiger partial charge in [0, 0.05) is 30.7 Å². The molecule has 0 saturated heterocycles. The topological polar surface area (TPSA) is 55.6 Å². The molecule has 0 aromatic carbocycles. The molecule has 5 heteroatoms. The van der Waals surface area contributed by atoms with Gasteiger partial charge in [0.15, 0.2) is 5.82 Å². The Morgan fingerprint density at radius 3 is 2.94 bits per heavy atom. The highest BCUT2D eigenvalue weighted by atomic mass is 15.3. The summed E-state index contributed by atoms with van der Waals surface area (Å²) >= 11 is 0. The summed E-state index contributed by atoms with van der Waals surface area (Å²) in [5, 5.41) is 7.32. The van der Waals surface area contributed by atoms with Gasteiger partial charge in [-0.15, -0.1) is 0 Å². The summed E-state index contributed by atoms with van der Waals surface area (Å²) < 4.78 is 1.81. The van der Waals surface area contributed by atoms with Gasteiger partial charge < -0.3 is 5.32 Å². The minimum atomic E-state index is 0.604. The van der Waals surface area contributed by atoms with Crippen molar-refractivity contribution in [2.45, 2.75) is 20.4 Å². The normalized spacial score (nSPS) is 10.4. The summed E-state index contributed by atoms with van der Waals surface area (Å²) in [5.41, 5.74) is 0.966. The first kappa shape index (κ1) is 10.6. The van der Waals surface area contributed by atoms with Crippen molar-refractivity contribution in [1.82, 2.24) is 19.7 Å². The summed E-state index contributed by atoms with van der Waals surface area (Å²) in [6.45, 7) is 5.48. The second-order valence-corrected chi connectivity index (χ2v) is 3.54. The van der Waals surface area contributed by atoms with Crippen LogP contribution >= 0.6 is 0 Å². The lowest BCUT2D eigenvalue weighted by Crippen LogP contribution is -2.08. The predicted octanol–water partition coefficient (Wildman–Crippen LogP) is 1.46. The number of hydrogen-bond donors (Lipinski definition) is 1. The molecule has 0 radical (unpaired) electrons. The average Bonchev–Trinajstić information content (AvgIpc) is 2.70. The van der Waals surface area contributed by atoms with Crippen molar-refractivity contribution in [2.75, 3.05) is 11.9 Å². The molecule has 0 spiro atoms. The maximum Gasteiger partial charge on any atom is 0.152 e. The van der Waals surface area contributed by atoms with Crippen LogP contribution in [0.1, 0.15) is 18.4 Å². The van der Waals surface area contributed by atoms with Crippen molar-refractivity contribution < 1.29 is 0 Å². The molecule has 0 fully saturated rings. The van der Waals surface area contributed by atoms with E-state index in [1.807, 2.05) is 36.9 Å². The maximum absolute atomic E-state index is 4.42. The van der Waals surface area contributed by atoms with Gasteiger partial charge in [-0.1, -0.05) is 0 Å². The highest BCUT2D eigenvalue weighted by Gasteiger charge is 2.02. The molecule has 0 aliphatic heterocycles. The number of nitrogens with one attached hydrogen (secondary N) is 1. The molecular formula is C11H15N5. The first-order chi connectivity index (χ1) is 7.78. The van der Waals surface area contributed by atoms with Crippen molar-refractivity contribution in [3.63, 3.8) is 0 Å². The Bertz CT molecular complexity index is 449. The van der Waals surface area contributed by atoms with Crippen molar-refractivity contribution >= 4 is 5.82 Å². The van der Waals surface area contributed by atoms with Gasteiger partial charge in [-0.25, -0.2) is 9.97 Å². The van der Waals surface area contributed by atoms with Gasteiger partial charge in [-0.2, -0.15) is 5.10 Å². The number of nitrogens with zero attached hydrogens (tertiary/aromatic N) is 4. The zero-order valence-corrected chi connectivity index (χ0v) is 9.51. The van der Waals surface area contributed by atoms with Crippen molar-refractivity contribution in [3.8, 4) is 0 Å². The van der Waals surface area contributed by atoms with E-state index in [4.69, 9.17) is 0 Å². The standard InChI is InChI=1S/C11H15N5/c1-3-12-10-7-9(2)14-11(15-10)8-16-6-4-5-13-16/h4-7H,3,8H2,1-2H3,(H,12,14,15). The molecule has 0 amide bonds. The van der Waals surface area contributed by atoms with Crippen LogP contribution in [0.25, 0.3) is 0 Å². The van der Waals surface area contributed by atoms with Gasteiger partial charge in [0.2, 0.25) is 0 Å². The fourth-order valence-corrected chi connectivity index (χ4v) is 1.51. The molecular weight excluding hydrogens is 202 g/mol. The zero-order chi connectivity index (χ0) is 11.4. The largest absolute Gasteiger partial charge is 0.370 e. The van der Waals surface area contributed by atoms with Crippen molar-refractivity contribution in [3.05, 3.63) is 36.0 Å². The third-order valence-corrected chi connectivity index (χ3v) is 2.12. The minimum absolute atomic E-state index is 0.604. The Morgan fingerprint density at radius 2 is 2.25 bits per heavy atom. The van der Waals surface area contributed by atoms with Gasteiger partial charge in [0.25, 0.3) is 0 Å². The molecule has 0 aliphatic carbocycles. The van der Waals surface area contributed by atoms with Crippen LogP contribution in [-0.4, -0.2) is 26.3 Å². The van der Waals surface area contributed by atoms with Crippen LogP contribution in [0, 0.1) is 6.92 Å². The van der Waals surface area contributed by atoms with E-state index in [0.717, 1.165) is 23.9 Å². The molecule has 0 aliphatic rings. The Kier molecular flexibility index (Phi) is 3.14. The monoisotopic (exact) mass is 217 g/mol. The molecule has 0 saturated carbocycles.